The summed E-state index contributed by atoms with van der Waals surface area (Å²) in [6.45, 7) is 2.81. The van der Waals surface area contributed by atoms with Crippen LogP contribution in [0.3, 0.4) is 0 Å². The first-order valence-corrected chi connectivity index (χ1v) is 12.3. The number of nitrogens with zero attached hydrogens (tertiary/aromatic N) is 2. The summed E-state index contributed by atoms with van der Waals surface area (Å²) in [4.78, 5) is 3.89. The molecule has 5 nitrogen and oxygen atoms in total. The molecule has 2 atom stereocenters. The summed E-state index contributed by atoms with van der Waals surface area (Å²) in [6.07, 6.45) is 2.09. The van der Waals surface area contributed by atoms with Gasteiger partial charge in [0.25, 0.3) is 0 Å². The van der Waals surface area contributed by atoms with Gasteiger partial charge in [-0.15, -0.1) is 0 Å². The summed E-state index contributed by atoms with van der Waals surface area (Å²) < 4.78 is 30.6. The predicted octanol–water partition coefficient (Wildman–Crippen LogP) is 4.30. The van der Waals surface area contributed by atoms with Gasteiger partial charge in [0, 0.05) is 16.4 Å². The molecule has 29 heavy (non-hydrogen) atoms. The van der Waals surface area contributed by atoms with Crippen LogP contribution in [0.5, 0.6) is 5.75 Å². The van der Waals surface area contributed by atoms with Gasteiger partial charge in [0.2, 0.25) is 0 Å². The number of ether oxygens (including phenoxy) is 1. The second-order valence-corrected chi connectivity index (χ2v) is 10.4. The fraction of sp³-hybridized carbons (Fsp3) is 0.381. The van der Waals surface area contributed by atoms with E-state index in [2.05, 4.69) is 6.92 Å². The minimum absolute atomic E-state index is 0.0824. The van der Waals surface area contributed by atoms with Crippen LogP contribution in [0.1, 0.15) is 19.8 Å². The van der Waals surface area contributed by atoms with E-state index in [9.17, 15) is 8.42 Å². The molecule has 0 N–H and O–H groups in total. The Hall–Kier alpha value is -1.83. The third-order valence-electron chi connectivity index (χ3n) is 5.34. The van der Waals surface area contributed by atoms with Crippen molar-refractivity contribution in [3.63, 3.8) is 0 Å². The molecular weight excluding hydrogens is 428 g/mol. The average molecular weight is 451 g/mol. The summed E-state index contributed by atoms with van der Waals surface area (Å²) in [5.74, 6) is 0.970. The summed E-state index contributed by atoms with van der Waals surface area (Å²) >= 11 is 12.0. The standard InChI is InChI=1S/C21H23ClN2O3S2/c1-2-3-11-27-18-9-7-16(8-10-18)23-19-13-29(25,26)14-20(19)24(21(23)28)17-6-4-5-15(22)12-17/h4-10,12,19-20H,2-3,11,13-14H2,1H3. The smallest absolute Gasteiger partial charge is 0.181 e. The van der Waals surface area contributed by atoms with E-state index in [0.29, 0.717) is 16.7 Å². The van der Waals surface area contributed by atoms with Crippen molar-refractivity contribution in [1.82, 2.24) is 0 Å². The normalized spacial score (nSPS) is 22.8. The summed E-state index contributed by atoms with van der Waals surface area (Å²) in [5.41, 5.74) is 1.69. The maximum Gasteiger partial charge on any atom is 0.181 e. The molecule has 2 aliphatic rings. The Morgan fingerprint density at radius 1 is 1.07 bits per heavy atom. The van der Waals surface area contributed by atoms with Gasteiger partial charge in [-0.25, -0.2) is 8.42 Å². The van der Waals surface area contributed by atoms with Crippen molar-refractivity contribution in [2.45, 2.75) is 31.8 Å². The zero-order valence-corrected chi connectivity index (χ0v) is 18.5. The summed E-state index contributed by atoms with van der Waals surface area (Å²) in [5, 5.41) is 1.19. The SMILES string of the molecule is CCCCOc1ccc(N2C(=S)N(c3cccc(Cl)c3)C3CS(=O)(=O)CC32)cc1. The van der Waals surface area contributed by atoms with E-state index in [1.807, 2.05) is 52.3 Å². The van der Waals surface area contributed by atoms with E-state index in [1.54, 1.807) is 6.07 Å². The molecule has 0 spiro atoms. The Labute approximate surface area is 182 Å². The molecule has 8 heteroatoms. The Bertz CT molecular complexity index is 1010. The number of hydrogen-bond acceptors (Lipinski definition) is 4. The van der Waals surface area contributed by atoms with Crippen molar-refractivity contribution in [1.29, 1.82) is 0 Å². The van der Waals surface area contributed by atoms with E-state index in [1.165, 1.54) is 0 Å². The van der Waals surface area contributed by atoms with E-state index in [0.717, 1.165) is 30.0 Å². The van der Waals surface area contributed by atoms with Crippen molar-refractivity contribution >= 4 is 50.1 Å². The van der Waals surface area contributed by atoms with Gasteiger partial charge >= 0.3 is 0 Å². The number of sulfone groups is 1. The van der Waals surface area contributed by atoms with Crippen LogP contribution in [0.15, 0.2) is 48.5 Å². The number of thiocarbonyl (C=S) groups is 1. The maximum absolute atomic E-state index is 12.4. The van der Waals surface area contributed by atoms with Gasteiger partial charge in [-0.3, -0.25) is 0 Å². The highest BCUT2D eigenvalue weighted by atomic mass is 35.5. The van der Waals surface area contributed by atoms with Gasteiger partial charge in [0.1, 0.15) is 5.75 Å². The molecule has 2 aromatic carbocycles. The average Bonchev–Trinajstić information content (AvgIpc) is 3.11. The van der Waals surface area contributed by atoms with E-state index >= 15 is 0 Å². The summed E-state index contributed by atoms with van der Waals surface area (Å²) in [6, 6.07) is 14.6. The maximum atomic E-state index is 12.4. The molecule has 0 aliphatic carbocycles. The van der Waals surface area contributed by atoms with Crippen LogP contribution in [0.25, 0.3) is 0 Å². The zero-order valence-electron chi connectivity index (χ0n) is 16.1. The molecule has 0 bridgehead atoms. The minimum Gasteiger partial charge on any atom is -0.494 e. The van der Waals surface area contributed by atoms with Gasteiger partial charge in [0.15, 0.2) is 14.9 Å². The third kappa shape index (κ3) is 4.09. The molecule has 2 heterocycles. The molecule has 0 amide bonds. The second kappa shape index (κ2) is 8.13. The summed E-state index contributed by atoms with van der Waals surface area (Å²) in [7, 11) is -3.14. The number of fused-ring (bicyclic) bond motifs is 1. The Balaban J connectivity index is 1.65. The van der Waals surface area contributed by atoms with Crippen LogP contribution in [-0.4, -0.2) is 43.7 Å². The Morgan fingerprint density at radius 3 is 2.34 bits per heavy atom. The van der Waals surface area contributed by atoms with Crippen molar-refractivity contribution in [2.24, 2.45) is 0 Å². The molecule has 154 valence electrons. The van der Waals surface area contributed by atoms with Crippen molar-refractivity contribution in [2.75, 3.05) is 27.9 Å². The molecule has 0 radical (unpaired) electrons. The zero-order chi connectivity index (χ0) is 20.6. The van der Waals surface area contributed by atoms with E-state index in [-0.39, 0.29) is 23.6 Å². The first-order chi connectivity index (χ1) is 13.9. The number of benzene rings is 2. The highest BCUT2D eigenvalue weighted by Crippen LogP contribution is 2.39. The van der Waals surface area contributed by atoms with Crippen LogP contribution in [0, 0.1) is 0 Å². The lowest BCUT2D eigenvalue weighted by Gasteiger charge is -2.26. The van der Waals surface area contributed by atoms with Crippen LogP contribution in [-0.2, 0) is 9.84 Å². The molecule has 2 saturated heterocycles. The van der Waals surface area contributed by atoms with Gasteiger partial charge < -0.3 is 14.5 Å². The van der Waals surface area contributed by atoms with Crippen molar-refractivity contribution in [3.8, 4) is 5.75 Å². The molecule has 0 saturated carbocycles. The van der Waals surface area contributed by atoms with Crippen LogP contribution in [0.4, 0.5) is 11.4 Å². The number of unbranched alkanes of at least 4 members (excludes halogenated alkanes) is 1. The third-order valence-corrected chi connectivity index (χ3v) is 7.66. The monoisotopic (exact) mass is 450 g/mol. The fourth-order valence-corrected chi connectivity index (χ4v) is 6.56. The van der Waals surface area contributed by atoms with Gasteiger partial charge in [0.05, 0.1) is 30.2 Å². The molecule has 0 aromatic heterocycles. The van der Waals surface area contributed by atoms with Gasteiger partial charge in [-0.1, -0.05) is 31.0 Å². The molecular formula is C21H23ClN2O3S2. The number of rotatable bonds is 6. The van der Waals surface area contributed by atoms with Crippen molar-refractivity contribution in [3.05, 3.63) is 53.6 Å². The topological polar surface area (TPSA) is 49.9 Å². The molecule has 2 unspecified atom stereocenters. The highest BCUT2D eigenvalue weighted by molar-refractivity contribution is 7.91. The van der Waals surface area contributed by atoms with Crippen LogP contribution >= 0.6 is 23.8 Å². The predicted molar refractivity (Wildman–Crippen MR) is 122 cm³/mol. The van der Waals surface area contributed by atoms with Gasteiger partial charge in [-0.2, -0.15) is 0 Å². The van der Waals surface area contributed by atoms with Crippen LogP contribution in [0.2, 0.25) is 5.02 Å². The van der Waals surface area contributed by atoms with E-state index in [4.69, 9.17) is 28.6 Å². The fourth-order valence-electron chi connectivity index (χ4n) is 3.97. The minimum atomic E-state index is -3.14. The number of halogens is 1. The Morgan fingerprint density at radius 2 is 1.72 bits per heavy atom. The number of anilines is 2. The quantitative estimate of drug-likeness (QED) is 0.483. The van der Waals surface area contributed by atoms with Gasteiger partial charge in [-0.05, 0) is 61.1 Å². The van der Waals surface area contributed by atoms with E-state index < -0.39 is 9.84 Å². The van der Waals surface area contributed by atoms with Crippen molar-refractivity contribution < 1.29 is 13.2 Å². The largest absolute Gasteiger partial charge is 0.494 e. The first-order valence-electron chi connectivity index (χ1n) is 9.71. The first kappa shape index (κ1) is 20.4. The molecule has 2 aliphatic heterocycles. The lowest BCUT2D eigenvalue weighted by molar-refractivity contribution is 0.309. The van der Waals surface area contributed by atoms with Crippen LogP contribution < -0.4 is 14.5 Å². The second-order valence-electron chi connectivity index (χ2n) is 7.41. The molecule has 2 fully saturated rings. The highest BCUT2D eigenvalue weighted by Gasteiger charge is 2.52. The lowest BCUT2D eigenvalue weighted by Crippen LogP contribution is -2.37. The molecule has 4 rings (SSSR count). The molecule has 2 aromatic rings. The number of hydrogen-bond donors (Lipinski definition) is 0. The Kier molecular flexibility index (Phi) is 5.73. The lowest BCUT2D eigenvalue weighted by atomic mass is 10.1.